The van der Waals surface area contributed by atoms with E-state index in [1.807, 2.05) is 30.9 Å². The zero-order valence-electron chi connectivity index (χ0n) is 19.0. The number of nitrogens with zero attached hydrogens (tertiary/aromatic N) is 4. The molecule has 1 aliphatic heterocycles. The van der Waals surface area contributed by atoms with E-state index in [2.05, 4.69) is 51.6 Å². The molecule has 1 aromatic heterocycles. The molecule has 2 N–H and O–H groups in total. The van der Waals surface area contributed by atoms with Gasteiger partial charge in [0.05, 0.1) is 12.8 Å². The first-order valence-corrected chi connectivity index (χ1v) is 10.8. The number of rotatable bonds is 7. The largest absolute Gasteiger partial charge is 0.497 e. The van der Waals surface area contributed by atoms with Crippen LogP contribution in [0.15, 0.2) is 29.3 Å². The van der Waals surface area contributed by atoms with Crippen molar-refractivity contribution in [3.63, 3.8) is 0 Å². The van der Waals surface area contributed by atoms with E-state index >= 15 is 0 Å². The maximum atomic E-state index is 5.24. The summed E-state index contributed by atoms with van der Waals surface area (Å²) in [7, 11) is 5.52. The van der Waals surface area contributed by atoms with Gasteiger partial charge in [-0.25, -0.2) is 0 Å². The molecule has 7 heteroatoms. The molecule has 0 amide bonds. The Labute approximate surface area is 180 Å². The lowest BCUT2D eigenvalue weighted by Crippen LogP contribution is -2.42. The van der Waals surface area contributed by atoms with E-state index in [0.29, 0.717) is 5.92 Å². The quantitative estimate of drug-likeness (QED) is 0.541. The number of aromatic nitrogens is 2. The normalized spacial score (nSPS) is 16.0. The molecular weight excluding hydrogens is 376 g/mol. The molecule has 164 valence electrons. The lowest BCUT2D eigenvalue weighted by atomic mass is 9.96. The van der Waals surface area contributed by atoms with Crippen molar-refractivity contribution in [3.05, 3.63) is 46.8 Å². The fraction of sp³-hybridized carbons (Fsp3) is 0.565. The van der Waals surface area contributed by atoms with Crippen LogP contribution in [-0.2, 0) is 20.1 Å². The molecule has 2 heterocycles. The van der Waals surface area contributed by atoms with Gasteiger partial charge in [0.1, 0.15) is 5.75 Å². The Hall–Kier alpha value is -2.54. The number of aliphatic imine (C=N–C) groups is 1. The zero-order chi connectivity index (χ0) is 21.5. The van der Waals surface area contributed by atoms with Crippen LogP contribution in [0.2, 0.25) is 0 Å². The number of piperidine rings is 1. The molecular formula is C23H36N6O. The van der Waals surface area contributed by atoms with Crippen LogP contribution in [0.1, 0.15) is 35.4 Å². The smallest absolute Gasteiger partial charge is 0.191 e. The number of nitrogens with one attached hydrogen (secondary N) is 2. The van der Waals surface area contributed by atoms with Crippen LogP contribution in [0.25, 0.3) is 0 Å². The van der Waals surface area contributed by atoms with Crippen molar-refractivity contribution in [2.75, 3.05) is 33.8 Å². The summed E-state index contributed by atoms with van der Waals surface area (Å²) in [5.41, 5.74) is 4.85. The van der Waals surface area contributed by atoms with E-state index in [9.17, 15) is 0 Å². The maximum absolute atomic E-state index is 5.24. The lowest BCUT2D eigenvalue weighted by molar-refractivity contribution is 0.178. The number of methoxy groups -OCH3 is 1. The van der Waals surface area contributed by atoms with E-state index in [1.54, 1.807) is 7.11 Å². The molecule has 0 unspecified atom stereocenters. The second kappa shape index (κ2) is 10.5. The van der Waals surface area contributed by atoms with Gasteiger partial charge >= 0.3 is 0 Å². The van der Waals surface area contributed by atoms with Crippen molar-refractivity contribution in [1.29, 1.82) is 0 Å². The first-order valence-electron chi connectivity index (χ1n) is 10.8. The van der Waals surface area contributed by atoms with Gasteiger partial charge in [-0.15, -0.1) is 0 Å². The summed E-state index contributed by atoms with van der Waals surface area (Å²) in [6, 6.07) is 8.40. The van der Waals surface area contributed by atoms with Crippen molar-refractivity contribution in [2.45, 2.75) is 39.8 Å². The highest BCUT2D eigenvalue weighted by molar-refractivity contribution is 5.79. The summed E-state index contributed by atoms with van der Waals surface area (Å²) < 4.78 is 7.18. The zero-order valence-corrected chi connectivity index (χ0v) is 19.0. The van der Waals surface area contributed by atoms with Crippen LogP contribution >= 0.6 is 0 Å². The Bertz CT molecular complexity index is 834. The minimum absolute atomic E-state index is 0.678. The number of ether oxygens (including phenoxy) is 1. The molecule has 0 spiro atoms. The third-order valence-corrected chi connectivity index (χ3v) is 6.15. The van der Waals surface area contributed by atoms with Crippen molar-refractivity contribution in [3.8, 4) is 5.75 Å². The van der Waals surface area contributed by atoms with Gasteiger partial charge in [-0.3, -0.25) is 14.6 Å². The number of aryl methyl sites for hydroxylation is 2. The standard InChI is InChI=1S/C23H36N6O/c1-17-22(18(2)28(4)27-17)15-26-23(24-3)25-14-19-10-12-29(13-11-19)16-20-6-8-21(30-5)9-7-20/h6-9,19H,10-16H2,1-5H3,(H2,24,25,26). The van der Waals surface area contributed by atoms with Gasteiger partial charge in [-0.1, -0.05) is 12.1 Å². The number of hydrogen-bond donors (Lipinski definition) is 2. The Balaban J connectivity index is 1.39. The van der Waals surface area contributed by atoms with Crippen LogP contribution < -0.4 is 15.4 Å². The van der Waals surface area contributed by atoms with Crippen molar-refractivity contribution in [1.82, 2.24) is 25.3 Å². The third-order valence-electron chi connectivity index (χ3n) is 6.15. The topological polar surface area (TPSA) is 66.7 Å². The molecule has 0 aliphatic carbocycles. The fourth-order valence-electron chi connectivity index (χ4n) is 4.04. The summed E-state index contributed by atoms with van der Waals surface area (Å²) >= 11 is 0. The molecule has 7 nitrogen and oxygen atoms in total. The van der Waals surface area contributed by atoms with E-state index in [1.165, 1.54) is 29.7 Å². The van der Waals surface area contributed by atoms with Gasteiger partial charge < -0.3 is 15.4 Å². The minimum atomic E-state index is 0.678. The third kappa shape index (κ3) is 5.75. The monoisotopic (exact) mass is 412 g/mol. The molecule has 1 fully saturated rings. The maximum Gasteiger partial charge on any atom is 0.191 e. The molecule has 2 aromatic rings. The average molecular weight is 413 g/mol. The SMILES string of the molecule is CN=C(NCc1c(C)nn(C)c1C)NCC1CCN(Cc2ccc(OC)cc2)CC1. The Morgan fingerprint density at radius 3 is 2.43 bits per heavy atom. The Kier molecular flexibility index (Phi) is 7.74. The molecule has 0 saturated carbocycles. The first-order chi connectivity index (χ1) is 14.5. The van der Waals surface area contributed by atoms with Crippen LogP contribution in [0.3, 0.4) is 0 Å². The summed E-state index contributed by atoms with van der Waals surface area (Å²) in [6.45, 7) is 9.15. The van der Waals surface area contributed by atoms with Gasteiger partial charge in [-0.05, 0) is 63.4 Å². The summed E-state index contributed by atoms with van der Waals surface area (Å²) in [5, 5.41) is 11.4. The first kappa shape index (κ1) is 22.2. The molecule has 3 rings (SSSR count). The molecule has 1 saturated heterocycles. The highest BCUT2D eigenvalue weighted by atomic mass is 16.5. The second-order valence-electron chi connectivity index (χ2n) is 8.15. The highest BCUT2D eigenvalue weighted by Crippen LogP contribution is 2.19. The predicted octanol–water partition coefficient (Wildman–Crippen LogP) is 2.62. The van der Waals surface area contributed by atoms with E-state index in [-0.39, 0.29) is 0 Å². The van der Waals surface area contributed by atoms with Crippen LogP contribution in [0.5, 0.6) is 5.75 Å². The summed E-state index contributed by atoms with van der Waals surface area (Å²) in [4.78, 5) is 6.93. The van der Waals surface area contributed by atoms with E-state index < -0.39 is 0 Å². The molecule has 0 radical (unpaired) electrons. The van der Waals surface area contributed by atoms with Crippen LogP contribution in [-0.4, -0.2) is 54.4 Å². The second-order valence-corrected chi connectivity index (χ2v) is 8.15. The van der Waals surface area contributed by atoms with Crippen molar-refractivity contribution < 1.29 is 4.74 Å². The van der Waals surface area contributed by atoms with Crippen molar-refractivity contribution >= 4 is 5.96 Å². The molecule has 1 aromatic carbocycles. The summed E-state index contributed by atoms with van der Waals surface area (Å²) in [5.74, 6) is 2.45. The number of benzene rings is 1. The molecule has 1 aliphatic rings. The number of hydrogen-bond acceptors (Lipinski definition) is 4. The average Bonchev–Trinajstić information content (AvgIpc) is 3.01. The Morgan fingerprint density at radius 1 is 1.17 bits per heavy atom. The minimum Gasteiger partial charge on any atom is -0.497 e. The van der Waals surface area contributed by atoms with E-state index in [4.69, 9.17) is 4.74 Å². The van der Waals surface area contributed by atoms with Gasteiger partial charge in [-0.2, -0.15) is 5.10 Å². The van der Waals surface area contributed by atoms with Gasteiger partial charge in [0.2, 0.25) is 0 Å². The molecule has 0 atom stereocenters. The van der Waals surface area contributed by atoms with Gasteiger partial charge in [0.15, 0.2) is 5.96 Å². The Morgan fingerprint density at radius 2 is 1.87 bits per heavy atom. The van der Waals surface area contributed by atoms with Crippen LogP contribution in [0.4, 0.5) is 0 Å². The fourth-order valence-corrected chi connectivity index (χ4v) is 4.04. The summed E-state index contributed by atoms with van der Waals surface area (Å²) in [6.07, 6.45) is 2.42. The van der Waals surface area contributed by atoms with Gasteiger partial charge in [0.25, 0.3) is 0 Å². The number of guanidine groups is 1. The van der Waals surface area contributed by atoms with Crippen molar-refractivity contribution in [2.24, 2.45) is 18.0 Å². The van der Waals surface area contributed by atoms with Gasteiger partial charge in [0, 0.05) is 45.0 Å². The highest BCUT2D eigenvalue weighted by Gasteiger charge is 2.19. The lowest BCUT2D eigenvalue weighted by Gasteiger charge is -2.32. The van der Waals surface area contributed by atoms with E-state index in [0.717, 1.165) is 50.1 Å². The molecule has 30 heavy (non-hydrogen) atoms. The van der Waals surface area contributed by atoms with Crippen LogP contribution in [0, 0.1) is 19.8 Å². The predicted molar refractivity (Wildman–Crippen MR) is 122 cm³/mol. The number of likely N-dealkylation sites (tertiary alicyclic amines) is 1. The molecule has 0 bridgehead atoms.